The Morgan fingerprint density at radius 3 is 2.16 bits per heavy atom. The zero-order chi connectivity index (χ0) is 14.7. The third-order valence-corrected chi connectivity index (χ3v) is 7.41. The molecule has 4 nitrogen and oxygen atoms in total. The predicted molar refractivity (Wildman–Crippen MR) is 85.5 cm³/mol. The van der Waals surface area contributed by atoms with Gasteiger partial charge in [-0.2, -0.15) is 0 Å². The van der Waals surface area contributed by atoms with Gasteiger partial charge in [-0.15, -0.1) is 11.3 Å². The van der Waals surface area contributed by atoms with E-state index in [1.165, 1.54) is 18.4 Å². The third-order valence-electron chi connectivity index (χ3n) is 2.37. The molecule has 1 atom stereocenters. The van der Waals surface area contributed by atoms with Crippen molar-refractivity contribution in [3.63, 3.8) is 0 Å². The van der Waals surface area contributed by atoms with Crippen LogP contribution in [0.2, 0.25) is 0 Å². The van der Waals surface area contributed by atoms with E-state index in [0.717, 1.165) is 8.26 Å². The summed E-state index contributed by atoms with van der Waals surface area (Å²) in [5.41, 5.74) is 0. The van der Waals surface area contributed by atoms with Crippen LogP contribution in [-0.4, -0.2) is 25.0 Å². The van der Waals surface area contributed by atoms with Gasteiger partial charge in [-0.25, -0.2) is 4.79 Å². The quantitative estimate of drug-likeness (QED) is 0.668. The van der Waals surface area contributed by atoms with Crippen molar-refractivity contribution in [1.82, 2.24) is 5.32 Å². The number of rotatable bonds is 4. The smallest absolute Gasteiger partial charge is 0.328 e. The molecule has 0 unspecified atom stereocenters. The van der Waals surface area contributed by atoms with Crippen molar-refractivity contribution in [2.75, 3.05) is 7.11 Å². The Kier molecular flexibility index (Phi) is 6.49. The summed E-state index contributed by atoms with van der Waals surface area (Å²) in [5, 5.41) is 2.69. The normalized spacial score (nSPS) is 12.4. The second kappa shape index (κ2) is 7.19. The Balaban J connectivity index is 2.94. The molecule has 1 N–H and O–H groups in total. The van der Waals surface area contributed by atoms with Crippen LogP contribution in [0.15, 0.2) is 12.7 Å². The molecule has 1 rings (SSSR count). The van der Waals surface area contributed by atoms with Crippen LogP contribution in [0.5, 0.6) is 0 Å². The van der Waals surface area contributed by atoms with Crippen LogP contribution in [0.25, 0.3) is 0 Å². The van der Waals surface area contributed by atoms with Crippen molar-refractivity contribution in [2.45, 2.75) is 19.9 Å². The number of ether oxygens (including phenoxy) is 1. The monoisotopic (exact) mass is 475 g/mol. The fourth-order valence-electron chi connectivity index (χ4n) is 1.34. The molecule has 0 bridgehead atoms. The third kappa shape index (κ3) is 4.03. The van der Waals surface area contributed by atoms with Gasteiger partial charge in [-0.3, -0.25) is 4.79 Å². The number of esters is 1. The van der Waals surface area contributed by atoms with Gasteiger partial charge in [0.2, 0.25) is 0 Å². The summed E-state index contributed by atoms with van der Waals surface area (Å²) < 4.78 is 6.94. The van der Waals surface area contributed by atoms with Crippen molar-refractivity contribution in [3.05, 3.63) is 17.6 Å². The number of carbonyl (C=O) groups excluding carboxylic acids is 2. The molecule has 1 heterocycles. The molecular weight excluding hydrogens is 466 g/mol. The summed E-state index contributed by atoms with van der Waals surface area (Å²) in [6, 6.07) is -0.663. The van der Waals surface area contributed by atoms with E-state index in [1.807, 2.05) is 13.8 Å². The van der Waals surface area contributed by atoms with Gasteiger partial charge in [0.05, 0.1) is 19.8 Å². The van der Waals surface area contributed by atoms with Crippen molar-refractivity contribution in [3.8, 4) is 0 Å². The predicted octanol–water partition coefficient (Wildman–Crippen LogP) is 3.96. The fraction of sp³-hybridized carbons (Fsp3) is 0.455. The lowest BCUT2D eigenvalue weighted by atomic mass is 10.0. The summed E-state index contributed by atoms with van der Waals surface area (Å²) in [5.74, 6) is -0.816. The number of nitrogens with one attached hydrogen (secondary N) is 1. The maximum atomic E-state index is 12.2. The van der Waals surface area contributed by atoms with Crippen LogP contribution >= 0.6 is 59.1 Å². The molecule has 19 heavy (non-hydrogen) atoms. The van der Waals surface area contributed by atoms with Gasteiger partial charge in [-0.1, -0.05) is 13.8 Å². The van der Waals surface area contributed by atoms with Crippen molar-refractivity contribution in [2.24, 2.45) is 5.92 Å². The van der Waals surface area contributed by atoms with Crippen LogP contribution in [0.4, 0.5) is 0 Å². The lowest BCUT2D eigenvalue weighted by Gasteiger charge is -2.19. The summed E-state index contributed by atoms with van der Waals surface area (Å²) in [7, 11) is 1.30. The van der Waals surface area contributed by atoms with Crippen LogP contribution in [0.3, 0.4) is 0 Å². The SMILES string of the molecule is COC(=O)[C@@H](NC(=O)c1sc(Br)c(Br)c1Br)C(C)C. The Bertz CT molecular complexity index is 502. The first kappa shape index (κ1) is 17.1. The standard InChI is InChI=1S/C11H12Br3NO3S/c1-4(2)7(11(17)18-3)15-10(16)8-5(12)6(13)9(14)19-8/h4,7H,1-3H3,(H,15,16)/t7-/m0/s1. The average molecular weight is 478 g/mol. The number of amides is 1. The number of thiophene rings is 1. The van der Waals surface area contributed by atoms with Crippen molar-refractivity contribution >= 4 is 71.0 Å². The summed E-state index contributed by atoms with van der Waals surface area (Å²) in [4.78, 5) is 24.3. The number of carbonyl (C=O) groups is 2. The lowest BCUT2D eigenvalue weighted by Crippen LogP contribution is -2.44. The molecule has 0 radical (unpaired) electrons. The minimum absolute atomic E-state index is 0.0537. The average Bonchev–Trinajstić information content (AvgIpc) is 2.62. The molecule has 1 aromatic heterocycles. The highest BCUT2D eigenvalue weighted by Crippen LogP contribution is 2.40. The first-order chi connectivity index (χ1) is 8.79. The zero-order valence-corrected chi connectivity index (χ0v) is 16.0. The molecule has 0 aliphatic heterocycles. The van der Waals surface area contributed by atoms with E-state index in [1.54, 1.807) is 0 Å². The lowest BCUT2D eigenvalue weighted by molar-refractivity contribution is -0.144. The molecule has 0 fully saturated rings. The van der Waals surface area contributed by atoms with E-state index in [0.29, 0.717) is 9.35 Å². The molecule has 106 valence electrons. The Morgan fingerprint density at radius 2 is 1.79 bits per heavy atom. The topological polar surface area (TPSA) is 55.4 Å². The molecule has 0 aromatic carbocycles. The second-order valence-corrected chi connectivity index (χ2v) is 7.98. The molecule has 0 aliphatic carbocycles. The molecular formula is C11H12Br3NO3S. The highest BCUT2D eigenvalue weighted by Gasteiger charge is 2.27. The Morgan fingerprint density at radius 1 is 1.21 bits per heavy atom. The van der Waals surface area contributed by atoms with E-state index in [-0.39, 0.29) is 11.8 Å². The maximum absolute atomic E-state index is 12.2. The summed E-state index contributed by atoms with van der Waals surface area (Å²) in [6.07, 6.45) is 0. The maximum Gasteiger partial charge on any atom is 0.328 e. The zero-order valence-electron chi connectivity index (χ0n) is 10.4. The van der Waals surface area contributed by atoms with Gasteiger partial charge in [0.15, 0.2) is 0 Å². The van der Waals surface area contributed by atoms with E-state index in [2.05, 4.69) is 57.8 Å². The van der Waals surface area contributed by atoms with Crippen LogP contribution < -0.4 is 5.32 Å². The molecule has 0 saturated carbocycles. The van der Waals surface area contributed by atoms with Gasteiger partial charge in [-0.05, 0) is 53.7 Å². The van der Waals surface area contributed by atoms with Gasteiger partial charge in [0, 0.05) is 0 Å². The van der Waals surface area contributed by atoms with Gasteiger partial charge in [0.1, 0.15) is 10.9 Å². The summed E-state index contributed by atoms with van der Waals surface area (Å²) >= 11 is 11.3. The van der Waals surface area contributed by atoms with Crippen LogP contribution in [-0.2, 0) is 9.53 Å². The number of hydrogen-bond donors (Lipinski definition) is 1. The minimum atomic E-state index is -0.663. The summed E-state index contributed by atoms with van der Waals surface area (Å²) in [6.45, 7) is 3.69. The Hall–Kier alpha value is 0.0800. The van der Waals surface area contributed by atoms with Crippen LogP contribution in [0, 0.1) is 5.92 Å². The van der Waals surface area contributed by atoms with E-state index >= 15 is 0 Å². The first-order valence-corrected chi connectivity index (χ1v) is 8.51. The van der Waals surface area contributed by atoms with E-state index in [9.17, 15) is 9.59 Å². The van der Waals surface area contributed by atoms with E-state index in [4.69, 9.17) is 0 Å². The second-order valence-electron chi connectivity index (χ2n) is 4.05. The van der Waals surface area contributed by atoms with Crippen molar-refractivity contribution < 1.29 is 14.3 Å². The Labute approximate surface area is 140 Å². The number of hydrogen-bond acceptors (Lipinski definition) is 4. The molecule has 0 saturated heterocycles. The van der Waals surface area contributed by atoms with Crippen molar-refractivity contribution in [1.29, 1.82) is 0 Å². The first-order valence-electron chi connectivity index (χ1n) is 5.31. The highest BCUT2D eigenvalue weighted by atomic mass is 79.9. The largest absolute Gasteiger partial charge is 0.467 e. The minimum Gasteiger partial charge on any atom is -0.467 e. The highest BCUT2D eigenvalue weighted by molar-refractivity contribution is 9.14. The molecule has 0 aliphatic rings. The van der Waals surface area contributed by atoms with Gasteiger partial charge < -0.3 is 10.1 Å². The van der Waals surface area contributed by atoms with Gasteiger partial charge >= 0.3 is 5.97 Å². The number of methoxy groups -OCH3 is 1. The molecule has 1 amide bonds. The number of halogens is 3. The fourth-order valence-corrected chi connectivity index (χ4v) is 4.33. The van der Waals surface area contributed by atoms with Crippen LogP contribution in [0.1, 0.15) is 23.5 Å². The molecule has 1 aromatic rings. The van der Waals surface area contributed by atoms with Gasteiger partial charge in [0.25, 0.3) is 5.91 Å². The molecule has 8 heteroatoms. The van der Waals surface area contributed by atoms with E-state index < -0.39 is 12.0 Å². The molecule has 0 spiro atoms.